The lowest BCUT2D eigenvalue weighted by Crippen LogP contribution is -2.52. The van der Waals surface area contributed by atoms with Gasteiger partial charge >= 0.3 is 5.97 Å². The second-order valence-electron chi connectivity index (χ2n) is 10.2. The summed E-state index contributed by atoms with van der Waals surface area (Å²) < 4.78 is 18.4. The highest BCUT2D eigenvalue weighted by atomic mass is 16.6. The Morgan fingerprint density at radius 3 is 2.40 bits per heavy atom. The van der Waals surface area contributed by atoms with Gasteiger partial charge in [-0.3, -0.25) is 19.2 Å². The number of aryl methyl sites for hydroxylation is 2. The first-order valence-electron chi connectivity index (χ1n) is 13.6. The van der Waals surface area contributed by atoms with Crippen molar-refractivity contribution in [2.24, 2.45) is 7.05 Å². The molecule has 2 aliphatic rings. The van der Waals surface area contributed by atoms with Crippen molar-refractivity contribution >= 4 is 23.5 Å². The van der Waals surface area contributed by atoms with Gasteiger partial charge in [-0.15, -0.1) is 0 Å². The number of para-hydroxylation sites is 2. The first kappa shape index (κ1) is 27.2. The van der Waals surface area contributed by atoms with Gasteiger partial charge in [0, 0.05) is 30.5 Å². The normalized spacial score (nSPS) is 17.5. The average Bonchev–Trinajstić information content (AvgIpc) is 3.32. The average molecular weight is 547 g/mol. The number of hydrogen-bond donors (Lipinski definition) is 1. The van der Waals surface area contributed by atoms with Crippen LogP contribution in [0.25, 0.3) is 0 Å². The van der Waals surface area contributed by atoms with E-state index in [0.717, 1.165) is 32.1 Å². The summed E-state index contributed by atoms with van der Waals surface area (Å²) in [5.41, 5.74) is 1.97. The SMILES string of the molecule is COC(=O)c1ccc(N(C(=O)[C@H]2COc3ccccc3O2)[C@@H](C(=O)NC2CCCCC2)c2cn(C)nc2C)cc1. The summed E-state index contributed by atoms with van der Waals surface area (Å²) in [4.78, 5) is 42.0. The topological polar surface area (TPSA) is 112 Å². The highest BCUT2D eigenvalue weighted by Crippen LogP contribution is 2.35. The Morgan fingerprint density at radius 2 is 1.75 bits per heavy atom. The Kier molecular flexibility index (Phi) is 8.04. The Morgan fingerprint density at radius 1 is 1.05 bits per heavy atom. The van der Waals surface area contributed by atoms with Gasteiger partial charge in [-0.1, -0.05) is 31.4 Å². The number of rotatable bonds is 7. The number of nitrogens with one attached hydrogen (secondary N) is 1. The summed E-state index contributed by atoms with van der Waals surface area (Å²) in [5.74, 6) is -0.248. The summed E-state index contributed by atoms with van der Waals surface area (Å²) in [6.45, 7) is 1.80. The van der Waals surface area contributed by atoms with E-state index in [1.54, 1.807) is 60.4 Å². The van der Waals surface area contributed by atoms with Crippen LogP contribution in [0, 0.1) is 6.92 Å². The van der Waals surface area contributed by atoms with Crippen LogP contribution in [0.4, 0.5) is 5.69 Å². The predicted molar refractivity (Wildman–Crippen MR) is 147 cm³/mol. The maximum atomic E-state index is 14.3. The van der Waals surface area contributed by atoms with Crippen molar-refractivity contribution in [2.45, 2.75) is 57.2 Å². The van der Waals surface area contributed by atoms with Crippen LogP contribution in [-0.4, -0.2) is 53.4 Å². The van der Waals surface area contributed by atoms with Crippen LogP contribution >= 0.6 is 0 Å². The van der Waals surface area contributed by atoms with Crippen LogP contribution in [0.2, 0.25) is 0 Å². The lowest BCUT2D eigenvalue weighted by atomic mass is 9.94. The van der Waals surface area contributed by atoms with E-state index >= 15 is 0 Å². The molecule has 0 radical (unpaired) electrons. The van der Waals surface area contributed by atoms with Crippen LogP contribution < -0.4 is 19.7 Å². The number of benzene rings is 2. The fourth-order valence-corrected chi connectivity index (χ4v) is 5.39. The third kappa shape index (κ3) is 5.66. The fourth-order valence-electron chi connectivity index (χ4n) is 5.39. The quantitative estimate of drug-likeness (QED) is 0.448. The molecule has 1 saturated carbocycles. The van der Waals surface area contributed by atoms with Crippen molar-refractivity contribution in [1.29, 1.82) is 0 Å². The number of carbonyl (C=O) groups is 3. The third-order valence-electron chi connectivity index (χ3n) is 7.39. The van der Waals surface area contributed by atoms with Gasteiger partial charge in [-0.25, -0.2) is 4.79 Å². The number of ether oxygens (including phenoxy) is 3. The van der Waals surface area contributed by atoms with E-state index in [4.69, 9.17) is 14.2 Å². The number of anilines is 1. The van der Waals surface area contributed by atoms with Crippen LogP contribution in [0.1, 0.15) is 59.8 Å². The molecule has 10 heteroatoms. The molecule has 2 aromatic carbocycles. The molecule has 1 aliphatic carbocycles. The van der Waals surface area contributed by atoms with Gasteiger partial charge < -0.3 is 19.5 Å². The second-order valence-corrected chi connectivity index (χ2v) is 10.2. The van der Waals surface area contributed by atoms with Crippen molar-refractivity contribution < 1.29 is 28.6 Å². The van der Waals surface area contributed by atoms with Crippen LogP contribution in [0.5, 0.6) is 11.5 Å². The van der Waals surface area contributed by atoms with E-state index in [-0.39, 0.29) is 18.6 Å². The van der Waals surface area contributed by atoms with Crippen LogP contribution in [0.3, 0.4) is 0 Å². The lowest BCUT2D eigenvalue weighted by molar-refractivity contribution is -0.132. The van der Waals surface area contributed by atoms with E-state index in [9.17, 15) is 14.4 Å². The molecule has 2 heterocycles. The zero-order valence-electron chi connectivity index (χ0n) is 23.0. The maximum Gasteiger partial charge on any atom is 0.337 e. The first-order chi connectivity index (χ1) is 19.4. The minimum atomic E-state index is -1.03. The lowest BCUT2D eigenvalue weighted by Gasteiger charge is -2.36. The summed E-state index contributed by atoms with van der Waals surface area (Å²) in [5, 5.41) is 7.67. The standard InChI is InChI=1S/C30H34N4O6/c1-19-23(17-33(2)32-19)27(28(35)31-21-9-5-4-6-10-21)34(22-15-13-20(14-16-22)30(37)38-3)29(36)26-18-39-24-11-7-8-12-25(24)40-26/h7-8,11-17,21,26-27H,4-6,9-10,18H2,1-3H3,(H,31,35)/t26-,27-/m1/s1. The molecule has 3 aromatic rings. The summed E-state index contributed by atoms with van der Waals surface area (Å²) in [6, 6.07) is 12.6. The highest BCUT2D eigenvalue weighted by Gasteiger charge is 2.41. The summed E-state index contributed by atoms with van der Waals surface area (Å²) in [6.07, 6.45) is 5.78. The van der Waals surface area contributed by atoms with Gasteiger partial charge in [0.1, 0.15) is 12.6 Å². The number of amides is 2. The number of methoxy groups -OCH3 is 1. The molecular formula is C30H34N4O6. The van der Waals surface area contributed by atoms with Gasteiger partial charge in [0.25, 0.3) is 5.91 Å². The molecule has 1 fully saturated rings. The molecule has 40 heavy (non-hydrogen) atoms. The van der Waals surface area contributed by atoms with Gasteiger partial charge in [0.15, 0.2) is 11.5 Å². The van der Waals surface area contributed by atoms with E-state index in [2.05, 4.69) is 10.4 Å². The number of nitrogens with zero attached hydrogens (tertiary/aromatic N) is 3. The fraction of sp³-hybridized carbons (Fsp3) is 0.400. The molecule has 210 valence electrons. The Bertz CT molecular complexity index is 1380. The number of aromatic nitrogens is 2. The van der Waals surface area contributed by atoms with Gasteiger partial charge in [0.05, 0.1) is 18.4 Å². The smallest absolute Gasteiger partial charge is 0.337 e. The number of fused-ring (bicyclic) bond motifs is 1. The van der Waals surface area contributed by atoms with Crippen LogP contribution in [0.15, 0.2) is 54.7 Å². The molecular weight excluding hydrogens is 512 g/mol. The summed E-state index contributed by atoms with van der Waals surface area (Å²) >= 11 is 0. The van der Waals surface area contributed by atoms with Crippen molar-refractivity contribution in [3.63, 3.8) is 0 Å². The first-order valence-corrected chi connectivity index (χ1v) is 13.6. The molecule has 0 unspecified atom stereocenters. The maximum absolute atomic E-state index is 14.3. The number of hydrogen-bond acceptors (Lipinski definition) is 7. The van der Waals surface area contributed by atoms with Crippen molar-refractivity contribution in [1.82, 2.24) is 15.1 Å². The largest absolute Gasteiger partial charge is 0.485 e. The molecule has 1 N–H and O–H groups in total. The second kappa shape index (κ2) is 11.8. The van der Waals surface area contributed by atoms with Gasteiger partial charge in [-0.2, -0.15) is 5.10 Å². The van der Waals surface area contributed by atoms with Crippen molar-refractivity contribution in [3.8, 4) is 11.5 Å². The Balaban J connectivity index is 1.57. The van der Waals surface area contributed by atoms with E-state index in [0.29, 0.717) is 34.0 Å². The van der Waals surface area contributed by atoms with Crippen LogP contribution in [-0.2, 0) is 21.4 Å². The Labute approximate surface area is 233 Å². The molecule has 1 aliphatic heterocycles. The number of esters is 1. The molecule has 5 rings (SSSR count). The van der Waals surface area contributed by atoms with E-state index in [1.807, 2.05) is 13.0 Å². The molecule has 10 nitrogen and oxygen atoms in total. The highest BCUT2D eigenvalue weighted by molar-refractivity contribution is 6.04. The monoisotopic (exact) mass is 546 g/mol. The zero-order valence-corrected chi connectivity index (χ0v) is 23.0. The summed E-state index contributed by atoms with van der Waals surface area (Å²) in [7, 11) is 3.08. The molecule has 0 spiro atoms. The molecule has 2 amide bonds. The molecule has 2 atom stereocenters. The van der Waals surface area contributed by atoms with Crippen molar-refractivity contribution in [2.75, 3.05) is 18.6 Å². The minimum Gasteiger partial charge on any atom is -0.485 e. The predicted octanol–water partition coefficient (Wildman–Crippen LogP) is 3.88. The zero-order chi connectivity index (χ0) is 28.2. The minimum absolute atomic E-state index is 0.0183. The molecule has 0 saturated heterocycles. The van der Waals surface area contributed by atoms with E-state index < -0.39 is 24.0 Å². The van der Waals surface area contributed by atoms with Gasteiger partial charge in [0.2, 0.25) is 12.0 Å². The third-order valence-corrected chi connectivity index (χ3v) is 7.39. The number of carbonyl (C=O) groups excluding carboxylic acids is 3. The van der Waals surface area contributed by atoms with Gasteiger partial charge in [-0.05, 0) is 56.2 Å². The molecule has 1 aromatic heterocycles. The van der Waals surface area contributed by atoms with E-state index in [1.165, 1.54) is 12.0 Å². The Hall–Kier alpha value is -4.34. The van der Waals surface area contributed by atoms with Crippen molar-refractivity contribution in [3.05, 3.63) is 71.5 Å². The molecule has 0 bridgehead atoms.